The van der Waals surface area contributed by atoms with Crippen LogP contribution in [0.5, 0.6) is 0 Å². The number of pyridine rings is 1. The molecule has 0 aromatic carbocycles. The first-order chi connectivity index (χ1) is 12.3. The molecule has 0 bridgehead atoms. The Morgan fingerprint density at radius 3 is 2.80 bits per heavy atom. The van der Waals surface area contributed by atoms with E-state index in [4.69, 9.17) is 4.42 Å². The topological polar surface area (TPSA) is 58.7 Å². The Morgan fingerprint density at radius 1 is 1.20 bits per heavy atom. The van der Waals surface area contributed by atoms with Crippen LogP contribution in [0.4, 0.5) is 5.82 Å². The van der Waals surface area contributed by atoms with E-state index in [-0.39, 0.29) is 11.9 Å². The van der Waals surface area contributed by atoms with Crippen molar-refractivity contribution in [1.82, 2.24) is 9.88 Å². The van der Waals surface area contributed by atoms with Crippen molar-refractivity contribution < 1.29 is 9.21 Å². The zero-order valence-corrected chi connectivity index (χ0v) is 14.6. The number of hydrogen-bond acceptors (Lipinski definition) is 5. The molecule has 1 saturated carbocycles. The van der Waals surface area contributed by atoms with Gasteiger partial charge in [-0.05, 0) is 48.9 Å². The van der Waals surface area contributed by atoms with Crippen molar-refractivity contribution >= 4 is 34.7 Å². The Morgan fingerprint density at radius 2 is 2.08 bits per heavy atom. The van der Waals surface area contributed by atoms with Gasteiger partial charge in [0.05, 0.1) is 11.2 Å². The summed E-state index contributed by atoms with van der Waals surface area (Å²) in [5.74, 6) is 1.32. The molecule has 0 radical (unpaired) electrons. The van der Waals surface area contributed by atoms with Gasteiger partial charge in [0, 0.05) is 18.3 Å². The third-order valence-electron chi connectivity index (χ3n) is 4.45. The van der Waals surface area contributed by atoms with Crippen molar-refractivity contribution in [2.45, 2.75) is 38.1 Å². The molecule has 2 aromatic heterocycles. The summed E-state index contributed by atoms with van der Waals surface area (Å²) in [6, 6.07) is 9.50. The number of thioether (sulfide) groups is 1. The molecule has 2 aromatic rings. The molecule has 25 heavy (non-hydrogen) atoms. The van der Waals surface area contributed by atoms with Crippen LogP contribution in [0.3, 0.4) is 0 Å². The van der Waals surface area contributed by atoms with Crippen molar-refractivity contribution in [3.8, 4) is 0 Å². The van der Waals surface area contributed by atoms with Gasteiger partial charge in [-0.3, -0.25) is 9.69 Å². The molecular formula is C19H19N3O2S. The highest BCUT2D eigenvalue weighted by atomic mass is 32.2. The predicted molar refractivity (Wildman–Crippen MR) is 99.3 cm³/mol. The van der Waals surface area contributed by atoms with Crippen LogP contribution in [-0.2, 0) is 4.79 Å². The fourth-order valence-electron chi connectivity index (χ4n) is 3.25. The van der Waals surface area contributed by atoms with Gasteiger partial charge >= 0.3 is 0 Å². The number of carbonyl (C=O) groups is 1. The molecule has 128 valence electrons. The molecule has 1 aliphatic heterocycles. The summed E-state index contributed by atoms with van der Waals surface area (Å²) >= 11 is 1.40. The van der Waals surface area contributed by atoms with Crippen LogP contribution >= 0.6 is 11.8 Å². The second-order valence-electron chi connectivity index (χ2n) is 6.18. The third-order valence-corrected chi connectivity index (χ3v) is 5.44. The standard InChI is InChI=1S/C19H19N3O2S/c23-18-16(13-15-9-6-12-24-15)25-19(21-17-10-4-5-11-20-17)22(18)14-7-2-1-3-8-14/h4-6,9-14H,1-3,7-8H2/b16-13+,21-19+. The van der Waals surface area contributed by atoms with E-state index in [2.05, 4.69) is 9.98 Å². The van der Waals surface area contributed by atoms with Crippen molar-refractivity contribution in [3.05, 3.63) is 53.5 Å². The van der Waals surface area contributed by atoms with Crippen LogP contribution in [0, 0.1) is 0 Å². The van der Waals surface area contributed by atoms with Crippen LogP contribution in [0.2, 0.25) is 0 Å². The Labute approximate surface area is 150 Å². The molecule has 4 rings (SSSR count). The molecule has 0 N–H and O–H groups in total. The maximum Gasteiger partial charge on any atom is 0.267 e. The summed E-state index contributed by atoms with van der Waals surface area (Å²) in [5.41, 5.74) is 0. The number of furan rings is 1. The Kier molecular flexibility index (Phi) is 4.70. The normalized spacial score (nSPS) is 22.2. The minimum atomic E-state index is 0.0166. The average molecular weight is 353 g/mol. The van der Waals surface area contributed by atoms with Gasteiger partial charge < -0.3 is 4.42 Å². The Balaban J connectivity index is 1.69. The molecule has 2 aliphatic rings. The monoisotopic (exact) mass is 353 g/mol. The molecule has 5 nitrogen and oxygen atoms in total. The van der Waals surface area contributed by atoms with Gasteiger partial charge in [-0.1, -0.05) is 25.3 Å². The summed E-state index contributed by atoms with van der Waals surface area (Å²) in [6.45, 7) is 0. The predicted octanol–water partition coefficient (Wildman–Crippen LogP) is 4.61. The fraction of sp³-hybridized carbons (Fsp3) is 0.316. The van der Waals surface area contributed by atoms with E-state index < -0.39 is 0 Å². The van der Waals surface area contributed by atoms with Crippen LogP contribution in [0.25, 0.3) is 6.08 Å². The molecule has 1 aliphatic carbocycles. The highest BCUT2D eigenvalue weighted by Gasteiger charge is 2.38. The SMILES string of the molecule is O=C1/C(=C\c2ccco2)S/C(=N/c2ccccn2)N1C1CCCCC1. The minimum absolute atomic E-state index is 0.0166. The van der Waals surface area contributed by atoms with E-state index in [0.29, 0.717) is 21.7 Å². The Hall–Kier alpha value is -2.34. The number of aromatic nitrogens is 1. The lowest BCUT2D eigenvalue weighted by molar-refractivity contribution is -0.124. The highest BCUT2D eigenvalue weighted by molar-refractivity contribution is 8.18. The first-order valence-corrected chi connectivity index (χ1v) is 9.39. The molecule has 1 saturated heterocycles. The zero-order valence-electron chi connectivity index (χ0n) is 13.8. The number of carbonyl (C=O) groups excluding carboxylic acids is 1. The second-order valence-corrected chi connectivity index (χ2v) is 7.18. The van der Waals surface area contributed by atoms with Crippen LogP contribution in [-0.4, -0.2) is 27.0 Å². The van der Waals surface area contributed by atoms with Gasteiger partial charge in [-0.25, -0.2) is 9.98 Å². The zero-order chi connectivity index (χ0) is 17.1. The summed E-state index contributed by atoms with van der Waals surface area (Å²) < 4.78 is 5.37. The van der Waals surface area contributed by atoms with Crippen LogP contribution < -0.4 is 0 Å². The lowest BCUT2D eigenvalue weighted by atomic mass is 9.94. The molecule has 0 spiro atoms. The number of amides is 1. The molecule has 2 fully saturated rings. The Bertz CT molecular complexity index is 793. The van der Waals surface area contributed by atoms with Gasteiger partial charge in [0.25, 0.3) is 5.91 Å². The van der Waals surface area contributed by atoms with Gasteiger partial charge in [0.15, 0.2) is 11.0 Å². The molecule has 3 heterocycles. The number of nitrogens with zero attached hydrogens (tertiary/aromatic N) is 3. The molecule has 0 unspecified atom stereocenters. The van der Waals surface area contributed by atoms with Gasteiger partial charge in [0.2, 0.25) is 0 Å². The third kappa shape index (κ3) is 3.54. The lowest BCUT2D eigenvalue weighted by Gasteiger charge is -2.30. The smallest absolute Gasteiger partial charge is 0.267 e. The highest BCUT2D eigenvalue weighted by Crippen LogP contribution is 2.38. The van der Waals surface area contributed by atoms with Crippen molar-refractivity contribution in [3.63, 3.8) is 0 Å². The second kappa shape index (κ2) is 7.27. The average Bonchev–Trinajstić information content (AvgIpc) is 3.26. The summed E-state index contributed by atoms with van der Waals surface area (Å²) in [6.07, 6.45) is 10.7. The summed E-state index contributed by atoms with van der Waals surface area (Å²) in [5, 5.41) is 0.716. The van der Waals surface area contributed by atoms with E-state index in [1.54, 1.807) is 18.5 Å². The molecule has 6 heteroatoms. The van der Waals surface area contributed by atoms with Gasteiger partial charge in [-0.2, -0.15) is 0 Å². The number of hydrogen-bond donors (Lipinski definition) is 0. The van der Waals surface area contributed by atoms with Crippen molar-refractivity contribution in [2.24, 2.45) is 4.99 Å². The van der Waals surface area contributed by atoms with E-state index in [0.717, 1.165) is 25.7 Å². The van der Waals surface area contributed by atoms with E-state index in [1.807, 2.05) is 35.2 Å². The van der Waals surface area contributed by atoms with E-state index in [1.165, 1.54) is 18.2 Å². The molecule has 1 amide bonds. The number of aliphatic imine (C=N–C) groups is 1. The maximum atomic E-state index is 13.0. The van der Waals surface area contributed by atoms with Gasteiger partial charge in [0.1, 0.15) is 5.76 Å². The van der Waals surface area contributed by atoms with Crippen LogP contribution in [0.1, 0.15) is 37.9 Å². The van der Waals surface area contributed by atoms with E-state index in [9.17, 15) is 4.79 Å². The van der Waals surface area contributed by atoms with Crippen LogP contribution in [0.15, 0.2) is 57.1 Å². The lowest BCUT2D eigenvalue weighted by Crippen LogP contribution is -2.40. The number of rotatable bonds is 3. The maximum absolute atomic E-state index is 13.0. The summed E-state index contributed by atoms with van der Waals surface area (Å²) in [7, 11) is 0. The first kappa shape index (κ1) is 16.1. The first-order valence-electron chi connectivity index (χ1n) is 8.57. The van der Waals surface area contributed by atoms with Gasteiger partial charge in [-0.15, -0.1) is 0 Å². The quantitative estimate of drug-likeness (QED) is 0.756. The largest absolute Gasteiger partial charge is 0.465 e. The number of amidine groups is 1. The fourth-order valence-corrected chi connectivity index (χ4v) is 4.27. The molecule has 0 atom stereocenters. The summed E-state index contributed by atoms with van der Waals surface area (Å²) in [4.78, 5) is 24.5. The minimum Gasteiger partial charge on any atom is -0.465 e. The molecular weight excluding hydrogens is 334 g/mol. The van der Waals surface area contributed by atoms with Crippen molar-refractivity contribution in [1.29, 1.82) is 0 Å². The van der Waals surface area contributed by atoms with E-state index >= 15 is 0 Å². The van der Waals surface area contributed by atoms with Crippen molar-refractivity contribution in [2.75, 3.05) is 0 Å².